The molecular weight excluding hydrogens is 356 g/mol. The monoisotopic (exact) mass is 372 g/mol. The molecule has 138 valence electrons. The number of Topliss-reactive ketones (excluding diaryl/α,β-unsaturated/α-hetero) is 3. The molecule has 2 aliphatic carbocycles. The maximum atomic E-state index is 13.2. The Balaban J connectivity index is 2.02. The SMILES string of the molecule is CC(=O)CC1=C(C2=C(OC(C)=O)c3ccccc3C2=O)C(=O)c2ccccc21. The Bertz CT molecular complexity index is 1060. The smallest absolute Gasteiger partial charge is 0.308 e. The first-order chi connectivity index (χ1) is 13.4. The molecule has 2 aromatic carbocycles. The Kier molecular flexibility index (Phi) is 4.15. The summed E-state index contributed by atoms with van der Waals surface area (Å²) >= 11 is 0. The van der Waals surface area contributed by atoms with E-state index in [9.17, 15) is 19.2 Å². The third kappa shape index (κ3) is 2.63. The maximum Gasteiger partial charge on any atom is 0.308 e. The first-order valence-corrected chi connectivity index (χ1v) is 8.84. The van der Waals surface area contributed by atoms with Crippen molar-refractivity contribution in [3.8, 4) is 0 Å². The summed E-state index contributed by atoms with van der Waals surface area (Å²) < 4.78 is 5.38. The second-order valence-electron chi connectivity index (χ2n) is 6.78. The highest BCUT2D eigenvalue weighted by Crippen LogP contribution is 2.45. The number of benzene rings is 2. The molecule has 0 spiro atoms. The number of esters is 1. The fraction of sp³-hybridized carbons (Fsp3) is 0.130. The van der Waals surface area contributed by atoms with Gasteiger partial charge in [0.15, 0.2) is 17.3 Å². The topological polar surface area (TPSA) is 77.5 Å². The van der Waals surface area contributed by atoms with Crippen LogP contribution in [0.2, 0.25) is 0 Å². The van der Waals surface area contributed by atoms with E-state index >= 15 is 0 Å². The van der Waals surface area contributed by atoms with Gasteiger partial charge in [0.25, 0.3) is 0 Å². The van der Waals surface area contributed by atoms with Crippen LogP contribution in [0.25, 0.3) is 11.3 Å². The van der Waals surface area contributed by atoms with Crippen LogP contribution in [0.15, 0.2) is 59.7 Å². The largest absolute Gasteiger partial charge is 0.425 e. The summed E-state index contributed by atoms with van der Waals surface area (Å²) in [4.78, 5) is 50.0. The molecule has 0 radical (unpaired) electrons. The molecule has 4 rings (SSSR count). The van der Waals surface area contributed by atoms with E-state index in [0.717, 1.165) is 0 Å². The lowest BCUT2D eigenvalue weighted by atomic mass is 9.94. The van der Waals surface area contributed by atoms with Gasteiger partial charge in [-0.25, -0.2) is 0 Å². The molecule has 0 saturated carbocycles. The highest BCUT2D eigenvalue weighted by molar-refractivity contribution is 6.35. The van der Waals surface area contributed by atoms with Crippen molar-refractivity contribution in [3.05, 3.63) is 81.9 Å². The fourth-order valence-electron chi connectivity index (χ4n) is 3.78. The van der Waals surface area contributed by atoms with Gasteiger partial charge >= 0.3 is 5.97 Å². The van der Waals surface area contributed by atoms with Gasteiger partial charge < -0.3 is 4.74 Å². The zero-order valence-corrected chi connectivity index (χ0v) is 15.4. The Hall–Kier alpha value is -3.60. The van der Waals surface area contributed by atoms with Gasteiger partial charge in [-0.1, -0.05) is 48.5 Å². The van der Waals surface area contributed by atoms with Crippen molar-refractivity contribution in [2.75, 3.05) is 0 Å². The lowest BCUT2D eigenvalue weighted by molar-refractivity contribution is -0.134. The van der Waals surface area contributed by atoms with Crippen LogP contribution in [0.4, 0.5) is 0 Å². The summed E-state index contributed by atoms with van der Waals surface area (Å²) in [6.45, 7) is 2.68. The van der Waals surface area contributed by atoms with Crippen molar-refractivity contribution in [1.82, 2.24) is 0 Å². The summed E-state index contributed by atoms with van der Waals surface area (Å²) in [7, 11) is 0. The van der Waals surface area contributed by atoms with Gasteiger partial charge in [0, 0.05) is 35.6 Å². The molecule has 0 N–H and O–H groups in total. The van der Waals surface area contributed by atoms with Crippen molar-refractivity contribution < 1.29 is 23.9 Å². The summed E-state index contributed by atoms with van der Waals surface area (Å²) in [5.74, 6) is -1.37. The second kappa shape index (κ2) is 6.53. The molecule has 5 heteroatoms. The number of hydrogen-bond acceptors (Lipinski definition) is 5. The van der Waals surface area contributed by atoms with Gasteiger partial charge in [-0.2, -0.15) is 0 Å². The van der Waals surface area contributed by atoms with Crippen LogP contribution in [-0.2, 0) is 14.3 Å². The summed E-state index contributed by atoms with van der Waals surface area (Å²) in [6.07, 6.45) is 0.0125. The number of rotatable bonds is 4. The second-order valence-corrected chi connectivity index (χ2v) is 6.78. The van der Waals surface area contributed by atoms with Crippen LogP contribution in [-0.4, -0.2) is 23.3 Å². The number of ether oxygens (including phenoxy) is 1. The molecule has 28 heavy (non-hydrogen) atoms. The normalized spacial score (nSPS) is 15.1. The number of fused-ring (bicyclic) bond motifs is 2. The number of hydrogen-bond donors (Lipinski definition) is 0. The molecule has 0 atom stereocenters. The van der Waals surface area contributed by atoms with Crippen molar-refractivity contribution in [2.24, 2.45) is 0 Å². The van der Waals surface area contributed by atoms with E-state index in [1.54, 1.807) is 48.5 Å². The van der Waals surface area contributed by atoms with Crippen LogP contribution >= 0.6 is 0 Å². The molecule has 0 bridgehead atoms. The number of ketones is 3. The molecule has 0 unspecified atom stereocenters. The van der Waals surface area contributed by atoms with E-state index in [0.29, 0.717) is 27.8 Å². The van der Waals surface area contributed by atoms with Gasteiger partial charge in [0.1, 0.15) is 5.78 Å². The van der Waals surface area contributed by atoms with Crippen LogP contribution in [0.5, 0.6) is 0 Å². The molecule has 0 heterocycles. The van der Waals surface area contributed by atoms with Crippen LogP contribution in [0.3, 0.4) is 0 Å². The minimum Gasteiger partial charge on any atom is -0.425 e. The van der Waals surface area contributed by atoms with Crippen LogP contribution < -0.4 is 0 Å². The van der Waals surface area contributed by atoms with Gasteiger partial charge in [-0.3, -0.25) is 19.2 Å². The van der Waals surface area contributed by atoms with Crippen molar-refractivity contribution in [1.29, 1.82) is 0 Å². The molecule has 0 saturated heterocycles. The molecule has 2 aromatic rings. The van der Waals surface area contributed by atoms with E-state index < -0.39 is 5.97 Å². The highest BCUT2D eigenvalue weighted by Gasteiger charge is 2.41. The molecule has 0 fully saturated rings. The van der Waals surface area contributed by atoms with Crippen molar-refractivity contribution in [2.45, 2.75) is 20.3 Å². The molecule has 0 aromatic heterocycles. The minimum atomic E-state index is -0.589. The van der Waals surface area contributed by atoms with Crippen molar-refractivity contribution >= 4 is 34.7 Å². The summed E-state index contributed by atoms with van der Waals surface area (Å²) in [5.41, 5.74) is 2.60. The zero-order chi connectivity index (χ0) is 20.0. The molecule has 2 aliphatic rings. The lowest BCUT2D eigenvalue weighted by Crippen LogP contribution is -2.10. The molecule has 0 aliphatic heterocycles. The highest BCUT2D eigenvalue weighted by atomic mass is 16.5. The Morgan fingerprint density at radius 3 is 1.82 bits per heavy atom. The zero-order valence-electron chi connectivity index (χ0n) is 15.4. The van der Waals surface area contributed by atoms with Gasteiger partial charge in [-0.05, 0) is 18.1 Å². The van der Waals surface area contributed by atoms with Gasteiger partial charge in [0.05, 0.1) is 5.57 Å². The fourth-order valence-corrected chi connectivity index (χ4v) is 3.78. The predicted molar refractivity (Wildman–Crippen MR) is 102 cm³/mol. The van der Waals surface area contributed by atoms with E-state index in [2.05, 4.69) is 0 Å². The van der Waals surface area contributed by atoms with E-state index in [1.165, 1.54) is 13.8 Å². The third-order valence-corrected chi connectivity index (χ3v) is 4.82. The maximum absolute atomic E-state index is 13.2. The first-order valence-electron chi connectivity index (χ1n) is 8.84. The van der Waals surface area contributed by atoms with Crippen LogP contribution in [0.1, 0.15) is 52.1 Å². The lowest BCUT2D eigenvalue weighted by Gasteiger charge is -2.10. The van der Waals surface area contributed by atoms with E-state index in [4.69, 9.17) is 4.74 Å². The number of allylic oxidation sites excluding steroid dienone is 3. The van der Waals surface area contributed by atoms with Crippen LogP contribution in [0, 0.1) is 0 Å². The van der Waals surface area contributed by atoms with Gasteiger partial charge in [0.2, 0.25) is 0 Å². The molecular formula is C23H16O5. The van der Waals surface area contributed by atoms with Crippen molar-refractivity contribution in [3.63, 3.8) is 0 Å². The Morgan fingerprint density at radius 2 is 1.25 bits per heavy atom. The quantitative estimate of drug-likeness (QED) is 0.763. The predicted octanol–water partition coefficient (Wildman–Crippen LogP) is 3.79. The van der Waals surface area contributed by atoms with E-state index in [-0.39, 0.29) is 40.7 Å². The van der Waals surface area contributed by atoms with Gasteiger partial charge in [-0.15, -0.1) is 0 Å². The first kappa shape index (κ1) is 17.8. The minimum absolute atomic E-state index is 0.0125. The third-order valence-electron chi connectivity index (χ3n) is 4.82. The Morgan fingerprint density at radius 1 is 0.750 bits per heavy atom. The summed E-state index contributed by atoms with van der Waals surface area (Å²) in [6, 6.07) is 13.7. The van der Waals surface area contributed by atoms with E-state index in [1.807, 2.05) is 0 Å². The molecule has 0 amide bonds. The summed E-state index contributed by atoms with van der Waals surface area (Å²) in [5, 5.41) is 0. The number of carbonyl (C=O) groups is 4. The molecule has 5 nitrogen and oxygen atoms in total. The average molecular weight is 372 g/mol. The average Bonchev–Trinajstić information content (AvgIpc) is 3.07. The Labute approximate surface area is 161 Å². The standard InChI is InChI=1S/C23H16O5/c1-12(24)11-18-14-7-3-4-8-15(14)21(26)19(18)20-22(27)16-9-5-6-10-17(16)23(20)28-13(2)25/h3-10H,11H2,1-2H3. The number of carbonyl (C=O) groups excluding carboxylic acids is 4.